The lowest BCUT2D eigenvalue weighted by atomic mass is 10.0. The van der Waals surface area contributed by atoms with Crippen LogP contribution >= 0.6 is 24.0 Å². The van der Waals surface area contributed by atoms with E-state index in [0.717, 1.165) is 18.4 Å². The largest absolute Gasteiger partial charge is 0.330 e. The summed E-state index contributed by atoms with van der Waals surface area (Å²) in [4.78, 5) is 3.90. The van der Waals surface area contributed by atoms with Gasteiger partial charge in [0.1, 0.15) is 0 Å². The standard InChI is InChI=1S/C9H14ClN3.ClH/c10-8-6-13-5-3-7(8)9(12)2-1-4-11;/h3,5-6,9H,1-2,4,11-12H2;1H/t9-;/m1./s1. The minimum Gasteiger partial charge on any atom is -0.330 e. The third-order valence-corrected chi connectivity index (χ3v) is 2.24. The van der Waals surface area contributed by atoms with Gasteiger partial charge in [-0.05, 0) is 31.0 Å². The number of rotatable bonds is 4. The highest BCUT2D eigenvalue weighted by Crippen LogP contribution is 2.22. The third kappa shape index (κ3) is 3.80. The second-order valence-corrected chi connectivity index (χ2v) is 3.34. The first kappa shape index (κ1) is 13.7. The van der Waals surface area contributed by atoms with Crippen LogP contribution in [-0.4, -0.2) is 11.5 Å². The maximum Gasteiger partial charge on any atom is 0.0637 e. The Bertz CT molecular complexity index is 268. The van der Waals surface area contributed by atoms with E-state index in [1.807, 2.05) is 6.07 Å². The van der Waals surface area contributed by atoms with Gasteiger partial charge in [0.2, 0.25) is 0 Å². The van der Waals surface area contributed by atoms with E-state index in [9.17, 15) is 0 Å². The summed E-state index contributed by atoms with van der Waals surface area (Å²) in [5.74, 6) is 0. The molecule has 5 heteroatoms. The van der Waals surface area contributed by atoms with Crippen molar-refractivity contribution >= 4 is 24.0 Å². The van der Waals surface area contributed by atoms with E-state index < -0.39 is 0 Å². The number of halogens is 2. The zero-order chi connectivity index (χ0) is 9.68. The molecule has 0 aliphatic rings. The molecule has 4 N–H and O–H groups in total. The van der Waals surface area contributed by atoms with Gasteiger partial charge in [0.25, 0.3) is 0 Å². The Hall–Kier alpha value is -0.350. The van der Waals surface area contributed by atoms with E-state index in [4.69, 9.17) is 23.1 Å². The summed E-state index contributed by atoms with van der Waals surface area (Å²) in [5, 5.41) is 0.632. The van der Waals surface area contributed by atoms with Crippen molar-refractivity contribution in [2.75, 3.05) is 6.54 Å². The molecule has 0 radical (unpaired) electrons. The van der Waals surface area contributed by atoms with Gasteiger partial charge in [0.15, 0.2) is 0 Å². The molecule has 0 bridgehead atoms. The second-order valence-electron chi connectivity index (χ2n) is 2.93. The van der Waals surface area contributed by atoms with Crippen molar-refractivity contribution in [3.05, 3.63) is 29.0 Å². The monoisotopic (exact) mass is 235 g/mol. The van der Waals surface area contributed by atoms with Crippen LogP contribution in [0.15, 0.2) is 18.5 Å². The third-order valence-electron chi connectivity index (χ3n) is 1.92. The van der Waals surface area contributed by atoms with Gasteiger partial charge < -0.3 is 11.5 Å². The van der Waals surface area contributed by atoms with Crippen LogP contribution in [0.4, 0.5) is 0 Å². The predicted molar refractivity (Wildman–Crippen MR) is 61.7 cm³/mol. The van der Waals surface area contributed by atoms with Gasteiger partial charge in [0.05, 0.1) is 5.02 Å². The van der Waals surface area contributed by atoms with E-state index >= 15 is 0 Å². The molecular weight excluding hydrogens is 221 g/mol. The first-order valence-electron chi connectivity index (χ1n) is 4.30. The van der Waals surface area contributed by atoms with Gasteiger partial charge in [-0.25, -0.2) is 0 Å². The lowest BCUT2D eigenvalue weighted by Gasteiger charge is -2.12. The number of nitrogens with two attached hydrogens (primary N) is 2. The first-order valence-corrected chi connectivity index (χ1v) is 4.68. The van der Waals surface area contributed by atoms with E-state index in [1.54, 1.807) is 12.4 Å². The van der Waals surface area contributed by atoms with Gasteiger partial charge in [-0.3, -0.25) is 4.98 Å². The Morgan fingerprint density at radius 1 is 1.50 bits per heavy atom. The molecule has 1 heterocycles. The highest BCUT2D eigenvalue weighted by atomic mass is 35.5. The summed E-state index contributed by atoms with van der Waals surface area (Å²) >= 11 is 5.92. The van der Waals surface area contributed by atoms with Crippen LogP contribution in [0.2, 0.25) is 5.02 Å². The summed E-state index contributed by atoms with van der Waals surface area (Å²) in [6.45, 7) is 0.663. The molecule has 0 saturated carbocycles. The van der Waals surface area contributed by atoms with Gasteiger partial charge in [-0.15, -0.1) is 12.4 Å². The van der Waals surface area contributed by atoms with Crippen LogP contribution < -0.4 is 11.5 Å². The van der Waals surface area contributed by atoms with Gasteiger partial charge in [0, 0.05) is 18.4 Å². The minimum absolute atomic E-state index is 0. The van der Waals surface area contributed by atoms with E-state index in [-0.39, 0.29) is 18.4 Å². The Labute approximate surface area is 95.2 Å². The number of hydrogen-bond donors (Lipinski definition) is 2. The Balaban J connectivity index is 0.00000169. The fourth-order valence-electron chi connectivity index (χ4n) is 1.18. The smallest absolute Gasteiger partial charge is 0.0637 e. The lowest BCUT2D eigenvalue weighted by molar-refractivity contribution is 0.617. The molecule has 1 aromatic heterocycles. The summed E-state index contributed by atoms with van der Waals surface area (Å²) in [7, 11) is 0. The molecule has 1 rings (SSSR count). The second kappa shape index (κ2) is 7.01. The summed E-state index contributed by atoms with van der Waals surface area (Å²) in [6.07, 6.45) is 5.09. The quantitative estimate of drug-likeness (QED) is 0.838. The predicted octanol–water partition coefficient (Wildman–Crippen LogP) is 1.90. The Morgan fingerprint density at radius 2 is 2.21 bits per heavy atom. The average Bonchev–Trinajstić information content (AvgIpc) is 2.15. The van der Waals surface area contributed by atoms with Crippen molar-refractivity contribution in [3.8, 4) is 0 Å². The fraction of sp³-hybridized carbons (Fsp3) is 0.444. The molecule has 0 aliphatic carbocycles. The number of nitrogens with zero attached hydrogens (tertiary/aromatic N) is 1. The highest BCUT2D eigenvalue weighted by molar-refractivity contribution is 6.31. The molecule has 0 unspecified atom stereocenters. The Morgan fingerprint density at radius 3 is 2.79 bits per heavy atom. The van der Waals surface area contributed by atoms with Crippen molar-refractivity contribution in [3.63, 3.8) is 0 Å². The zero-order valence-corrected chi connectivity index (χ0v) is 9.39. The normalized spacial score (nSPS) is 11.9. The molecule has 0 aliphatic heterocycles. The highest BCUT2D eigenvalue weighted by Gasteiger charge is 2.08. The maximum absolute atomic E-state index is 5.92. The van der Waals surface area contributed by atoms with Crippen molar-refractivity contribution in [2.24, 2.45) is 11.5 Å². The molecule has 1 aromatic rings. The van der Waals surface area contributed by atoms with Gasteiger partial charge in [-0.1, -0.05) is 11.6 Å². The zero-order valence-electron chi connectivity index (χ0n) is 7.82. The number of aromatic nitrogens is 1. The summed E-state index contributed by atoms with van der Waals surface area (Å²) < 4.78 is 0. The van der Waals surface area contributed by atoms with Crippen LogP contribution in [0.1, 0.15) is 24.4 Å². The molecule has 0 spiro atoms. The molecule has 80 valence electrons. The lowest BCUT2D eigenvalue weighted by Crippen LogP contribution is -2.13. The van der Waals surface area contributed by atoms with E-state index in [1.165, 1.54) is 0 Å². The molecule has 3 nitrogen and oxygen atoms in total. The van der Waals surface area contributed by atoms with Crippen molar-refractivity contribution in [1.82, 2.24) is 4.98 Å². The molecular formula is C9H15Cl2N3. The minimum atomic E-state index is -0.0287. The van der Waals surface area contributed by atoms with Crippen molar-refractivity contribution < 1.29 is 0 Å². The molecule has 0 amide bonds. The molecule has 0 saturated heterocycles. The van der Waals surface area contributed by atoms with Crippen molar-refractivity contribution in [2.45, 2.75) is 18.9 Å². The summed E-state index contributed by atoms with van der Waals surface area (Å²) in [5.41, 5.74) is 12.3. The summed E-state index contributed by atoms with van der Waals surface area (Å²) in [6, 6.07) is 1.82. The van der Waals surface area contributed by atoms with E-state index in [2.05, 4.69) is 4.98 Å². The maximum atomic E-state index is 5.92. The van der Waals surface area contributed by atoms with Crippen LogP contribution in [-0.2, 0) is 0 Å². The van der Waals surface area contributed by atoms with Crippen LogP contribution in [0.5, 0.6) is 0 Å². The average molecular weight is 236 g/mol. The van der Waals surface area contributed by atoms with Crippen LogP contribution in [0, 0.1) is 0 Å². The van der Waals surface area contributed by atoms with Crippen LogP contribution in [0.3, 0.4) is 0 Å². The SMILES string of the molecule is Cl.NCCC[C@@H](N)c1ccncc1Cl. The van der Waals surface area contributed by atoms with Gasteiger partial charge >= 0.3 is 0 Å². The number of hydrogen-bond acceptors (Lipinski definition) is 3. The topological polar surface area (TPSA) is 64.9 Å². The molecule has 0 aromatic carbocycles. The number of pyridine rings is 1. The fourth-order valence-corrected chi connectivity index (χ4v) is 1.44. The Kier molecular flexibility index (Phi) is 6.83. The first-order chi connectivity index (χ1) is 6.25. The van der Waals surface area contributed by atoms with Gasteiger partial charge in [-0.2, -0.15) is 0 Å². The molecule has 14 heavy (non-hydrogen) atoms. The molecule has 1 atom stereocenters. The van der Waals surface area contributed by atoms with E-state index in [0.29, 0.717) is 11.6 Å². The van der Waals surface area contributed by atoms with Crippen molar-refractivity contribution in [1.29, 1.82) is 0 Å². The van der Waals surface area contributed by atoms with Crippen LogP contribution in [0.25, 0.3) is 0 Å². The molecule has 0 fully saturated rings.